The zero-order valence-electron chi connectivity index (χ0n) is 10.4. The molecule has 1 N–H and O–H groups in total. The molecular weight excluding hydrogens is 250 g/mol. The van der Waals surface area contributed by atoms with Crippen molar-refractivity contribution in [1.82, 2.24) is 0 Å². The first kappa shape index (κ1) is 14.4. The molecule has 0 aromatic heterocycles. The molecule has 19 heavy (non-hydrogen) atoms. The Labute approximate surface area is 109 Å². The summed E-state index contributed by atoms with van der Waals surface area (Å²) in [5, 5.41) is 28.4. The van der Waals surface area contributed by atoms with Crippen LogP contribution in [0, 0.1) is 21.4 Å². The molecule has 0 heterocycles. The van der Waals surface area contributed by atoms with Crippen molar-refractivity contribution in [2.75, 3.05) is 18.0 Å². The molecule has 1 aromatic rings. The number of nitro groups is 1. The van der Waals surface area contributed by atoms with Gasteiger partial charge in [-0.25, -0.2) is 4.79 Å². The van der Waals surface area contributed by atoms with Crippen molar-refractivity contribution in [3.8, 4) is 6.07 Å². The van der Waals surface area contributed by atoms with E-state index in [1.54, 1.807) is 11.8 Å². The largest absolute Gasteiger partial charge is 0.478 e. The van der Waals surface area contributed by atoms with Crippen molar-refractivity contribution >= 4 is 17.3 Å². The quantitative estimate of drug-likeness (QED) is 0.621. The van der Waals surface area contributed by atoms with Crippen LogP contribution in [0.1, 0.15) is 23.7 Å². The summed E-state index contributed by atoms with van der Waals surface area (Å²) in [7, 11) is 0. The van der Waals surface area contributed by atoms with Gasteiger partial charge in [0.1, 0.15) is 0 Å². The molecule has 7 heteroatoms. The van der Waals surface area contributed by atoms with Gasteiger partial charge >= 0.3 is 5.97 Å². The average molecular weight is 263 g/mol. The number of benzene rings is 1. The molecule has 0 radical (unpaired) electrons. The maximum Gasteiger partial charge on any atom is 0.337 e. The first-order chi connectivity index (χ1) is 9.01. The van der Waals surface area contributed by atoms with Crippen molar-refractivity contribution in [3.05, 3.63) is 33.9 Å². The van der Waals surface area contributed by atoms with E-state index >= 15 is 0 Å². The van der Waals surface area contributed by atoms with E-state index in [-0.39, 0.29) is 23.4 Å². The number of carbonyl (C=O) groups is 1. The van der Waals surface area contributed by atoms with Crippen LogP contribution < -0.4 is 4.90 Å². The van der Waals surface area contributed by atoms with Gasteiger partial charge in [0.15, 0.2) is 0 Å². The van der Waals surface area contributed by atoms with E-state index in [9.17, 15) is 14.9 Å². The van der Waals surface area contributed by atoms with Gasteiger partial charge in [0.2, 0.25) is 0 Å². The smallest absolute Gasteiger partial charge is 0.337 e. The number of nitrogens with zero attached hydrogens (tertiary/aromatic N) is 3. The summed E-state index contributed by atoms with van der Waals surface area (Å²) in [6, 6.07) is 5.56. The second-order valence-corrected chi connectivity index (χ2v) is 3.75. The number of hydrogen-bond acceptors (Lipinski definition) is 5. The van der Waals surface area contributed by atoms with Crippen molar-refractivity contribution in [2.45, 2.75) is 13.3 Å². The summed E-state index contributed by atoms with van der Waals surface area (Å²) < 4.78 is 0. The Morgan fingerprint density at radius 3 is 2.74 bits per heavy atom. The van der Waals surface area contributed by atoms with Gasteiger partial charge in [-0.2, -0.15) is 5.26 Å². The van der Waals surface area contributed by atoms with E-state index in [2.05, 4.69) is 0 Å². The molecule has 0 aliphatic heterocycles. The first-order valence-corrected chi connectivity index (χ1v) is 5.64. The number of nitriles is 1. The fourth-order valence-corrected chi connectivity index (χ4v) is 1.71. The molecule has 0 bridgehead atoms. The standard InChI is InChI=1S/C12H13N3O4/c1-2-14(7-3-6-13)11-8-9(15(18)19)4-5-10(11)12(16)17/h4-5,8H,2-3,7H2,1H3,(H,16,17). The fraction of sp³-hybridized carbons (Fsp3) is 0.333. The van der Waals surface area contributed by atoms with E-state index in [0.717, 1.165) is 6.07 Å². The van der Waals surface area contributed by atoms with Crippen LogP contribution in [0.4, 0.5) is 11.4 Å². The molecule has 0 saturated carbocycles. The third-order valence-electron chi connectivity index (χ3n) is 2.64. The highest BCUT2D eigenvalue weighted by molar-refractivity contribution is 5.95. The summed E-state index contributed by atoms with van der Waals surface area (Å²) in [6.07, 6.45) is 0.218. The monoisotopic (exact) mass is 263 g/mol. The minimum Gasteiger partial charge on any atom is -0.478 e. The maximum absolute atomic E-state index is 11.1. The number of carboxylic acids is 1. The Kier molecular flexibility index (Phi) is 4.83. The molecule has 1 rings (SSSR count). The second-order valence-electron chi connectivity index (χ2n) is 3.75. The lowest BCUT2D eigenvalue weighted by Gasteiger charge is -2.23. The summed E-state index contributed by atoms with van der Waals surface area (Å²) >= 11 is 0. The number of anilines is 1. The molecule has 0 aliphatic carbocycles. The second kappa shape index (κ2) is 6.35. The topological polar surface area (TPSA) is 107 Å². The summed E-state index contributed by atoms with van der Waals surface area (Å²) in [6.45, 7) is 2.58. The summed E-state index contributed by atoms with van der Waals surface area (Å²) in [4.78, 5) is 22.9. The number of non-ortho nitro benzene ring substituents is 1. The van der Waals surface area contributed by atoms with E-state index in [1.165, 1.54) is 12.1 Å². The van der Waals surface area contributed by atoms with Crippen LogP contribution in [0.3, 0.4) is 0 Å². The molecule has 100 valence electrons. The number of nitro benzene ring substituents is 1. The lowest BCUT2D eigenvalue weighted by atomic mass is 10.1. The van der Waals surface area contributed by atoms with E-state index in [4.69, 9.17) is 10.4 Å². The molecule has 0 aliphatic rings. The van der Waals surface area contributed by atoms with Gasteiger partial charge in [0.05, 0.1) is 28.7 Å². The van der Waals surface area contributed by atoms with Gasteiger partial charge < -0.3 is 10.0 Å². The fourth-order valence-electron chi connectivity index (χ4n) is 1.71. The normalized spacial score (nSPS) is 9.68. The van der Waals surface area contributed by atoms with E-state index < -0.39 is 10.9 Å². The van der Waals surface area contributed by atoms with E-state index in [1.807, 2.05) is 6.07 Å². The van der Waals surface area contributed by atoms with Crippen molar-refractivity contribution in [3.63, 3.8) is 0 Å². The molecule has 0 spiro atoms. The van der Waals surface area contributed by atoms with E-state index in [0.29, 0.717) is 13.1 Å². The predicted molar refractivity (Wildman–Crippen MR) is 68.2 cm³/mol. The molecule has 0 fully saturated rings. The predicted octanol–water partition coefficient (Wildman–Crippen LogP) is 2.03. The third kappa shape index (κ3) is 3.42. The molecular formula is C12H13N3O4. The van der Waals surface area contributed by atoms with Gasteiger partial charge in [0.25, 0.3) is 5.69 Å². The van der Waals surface area contributed by atoms with Crippen molar-refractivity contribution in [2.24, 2.45) is 0 Å². The van der Waals surface area contributed by atoms with Gasteiger partial charge in [0, 0.05) is 25.2 Å². The zero-order valence-corrected chi connectivity index (χ0v) is 10.4. The summed E-state index contributed by atoms with van der Waals surface area (Å²) in [5.41, 5.74) is 0.0836. The number of aromatic carboxylic acids is 1. The Morgan fingerprint density at radius 2 is 2.26 bits per heavy atom. The molecule has 1 aromatic carbocycles. The van der Waals surface area contributed by atoms with Gasteiger partial charge in [-0.05, 0) is 13.0 Å². The van der Waals surface area contributed by atoms with Crippen LogP contribution in [-0.4, -0.2) is 29.1 Å². The minimum atomic E-state index is -1.15. The number of hydrogen-bond donors (Lipinski definition) is 1. The Hall–Kier alpha value is -2.62. The molecule has 0 atom stereocenters. The molecule has 7 nitrogen and oxygen atoms in total. The first-order valence-electron chi connectivity index (χ1n) is 5.64. The van der Waals surface area contributed by atoms with Gasteiger partial charge in [-0.1, -0.05) is 0 Å². The van der Waals surface area contributed by atoms with Crippen molar-refractivity contribution in [1.29, 1.82) is 5.26 Å². The van der Waals surface area contributed by atoms with Crippen LogP contribution >= 0.6 is 0 Å². The SMILES string of the molecule is CCN(CCC#N)c1cc([N+](=O)[O-])ccc1C(=O)O. The van der Waals surface area contributed by atoms with Crippen LogP contribution in [0.25, 0.3) is 0 Å². The van der Waals surface area contributed by atoms with Crippen LogP contribution in [0.5, 0.6) is 0 Å². The van der Waals surface area contributed by atoms with Crippen LogP contribution in [0.2, 0.25) is 0 Å². The lowest BCUT2D eigenvalue weighted by Crippen LogP contribution is -2.25. The highest BCUT2D eigenvalue weighted by Gasteiger charge is 2.19. The highest BCUT2D eigenvalue weighted by atomic mass is 16.6. The molecule has 0 unspecified atom stereocenters. The summed E-state index contributed by atoms with van der Waals surface area (Å²) in [5.74, 6) is -1.15. The lowest BCUT2D eigenvalue weighted by molar-refractivity contribution is -0.384. The molecule has 0 saturated heterocycles. The maximum atomic E-state index is 11.1. The van der Waals surface area contributed by atoms with Gasteiger partial charge in [-0.3, -0.25) is 10.1 Å². The minimum absolute atomic E-state index is 0.00890. The number of carboxylic acid groups (broad SMARTS) is 1. The average Bonchev–Trinajstić information content (AvgIpc) is 2.39. The van der Waals surface area contributed by atoms with Crippen LogP contribution in [0.15, 0.2) is 18.2 Å². The zero-order chi connectivity index (χ0) is 14.4. The number of rotatable bonds is 6. The van der Waals surface area contributed by atoms with Gasteiger partial charge in [-0.15, -0.1) is 0 Å². The third-order valence-corrected chi connectivity index (χ3v) is 2.64. The Bertz CT molecular complexity index is 536. The Balaban J connectivity index is 3.26. The molecule has 0 amide bonds. The van der Waals surface area contributed by atoms with Crippen molar-refractivity contribution < 1.29 is 14.8 Å². The highest BCUT2D eigenvalue weighted by Crippen LogP contribution is 2.26. The Morgan fingerprint density at radius 1 is 1.58 bits per heavy atom. The van der Waals surface area contributed by atoms with Crippen LogP contribution in [-0.2, 0) is 0 Å².